The van der Waals surface area contributed by atoms with E-state index in [4.69, 9.17) is 4.98 Å². The van der Waals surface area contributed by atoms with Gasteiger partial charge in [-0.1, -0.05) is 44.2 Å². The predicted molar refractivity (Wildman–Crippen MR) is 87.4 cm³/mol. The van der Waals surface area contributed by atoms with Crippen LogP contribution in [0.4, 0.5) is 0 Å². The molecule has 1 aliphatic rings. The summed E-state index contributed by atoms with van der Waals surface area (Å²) in [5.41, 5.74) is 1.15. The summed E-state index contributed by atoms with van der Waals surface area (Å²) in [4.78, 5) is 4.71. The van der Waals surface area contributed by atoms with Gasteiger partial charge >= 0.3 is 0 Å². The van der Waals surface area contributed by atoms with Crippen LogP contribution >= 0.6 is 11.3 Å². The highest BCUT2D eigenvalue weighted by molar-refractivity contribution is 7.18. The molecule has 0 spiro atoms. The standard InChI is InChI=1S/C17H24N2S/c1-2-4-8-14(9-5-3-1)18-13-12-17-19-15-10-6-7-11-16(15)20-17/h6-7,10-11,14,18H,1-5,8-9,12-13H2. The Balaban J connectivity index is 1.48. The topological polar surface area (TPSA) is 24.9 Å². The summed E-state index contributed by atoms with van der Waals surface area (Å²) in [7, 11) is 0. The van der Waals surface area contributed by atoms with Crippen LogP contribution in [0, 0.1) is 0 Å². The quantitative estimate of drug-likeness (QED) is 0.893. The first-order chi connectivity index (χ1) is 9.92. The van der Waals surface area contributed by atoms with Gasteiger partial charge in [0, 0.05) is 19.0 Å². The van der Waals surface area contributed by atoms with Crippen molar-refractivity contribution < 1.29 is 0 Å². The molecule has 1 saturated carbocycles. The van der Waals surface area contributed by atoms with Gasteiger partial charge < -0.3 is 5.32 Å². The first kappa shape index (κ1) is 14.0. The van der Waals surface area contributed by atoms with Gasteiger partial charge in [0.05, 0.1) is 15.2 Å². The Morgan fingerprint density at radius 2 is 1.80 bits per heavy atom. The molecule has 0 amide bonds. The van der Waals surface area contributed by atoms with Crippen LogP contribution < -0.4 is 5.32 Å². The molecule has 1 fully saturated rings. The lowest BCUT2D eigenvalue weighted by Crippen LogP contribution is -2.31. The van der Waals surface area contributed by atoms with Crippen LogP contribution in [-0.4, -0.2) is 17.6 Å². The molecule has 2 aromatic rings. The lowest BCUT2D eigenvalue weighted by Gasteiger charge is -2.20. The van der Waals surface area contributed by atoms with Gasteiger partial charge in [-0.05, 0) is 25.0 Å². The van der Waals surface area contributed by atoms with Gasteiger partial charge in [-0.2, -0.15) is 0 Å². The van der Waals surface area contributed by atoms with Crippen molar-refractivity contribution in [3.05, 3.63) is 29.3 Å². The Bertz CT molecular complexity index is 494. The molecule has 108 valence electrons. The SMILES string of the molecule is c1ccc2sc(CCNC3CCCCCCC3)nc2c1. The van der Waals surface area contributed by atoms with Crippen molar-refractivity contribution in [1.82, 2.24) is 10.3 Å². The smallest absolute Gasteiger partial charge is 0.0951 e. The van der Waals surface area contributed by atoms with Crippen LogP contribution in [0.5, 0.6) is 0 Å². The minimum Gasteiger partial charge on any atom is -0.314 e. The predicted octanol–water partition coefficient (Wildman–Crippen LogP) is 4.54. The monoisotopic (exact) mass is 288 g/mol. The van der Waals surface area contributed by atoms with Crippen LogP contribution in [0.1, 0.15) is 50.0 Å². The molecule has 3 rings (SSSR count). The Morgan fingerprint density at radius 1 is 1.05 bits per heavy atom. The number of fused-ring (bicyclic) bond motifs is 1. The highest BCUT2D eigenvalue weighted by Gasteiger charge is 2.11. The second kappa shape index (κ2) is 7.19. The molecule has 1 N–H and O–H groups in total. The maximum absolute atomic E-state index is 4.71. The molecular weight excluding hydrogens is 264 g/mol. The van der Waals surface area contributed by atoms with Crippen molar-refractivity contribution in [3.8, 4) is 0 Å². The van der Waals surface area contributed by atoms with Crippen molar-refractivity contribution in [2.45, 2.75) is 57.4 Å². The van der Waals surface area contributed by atoms with E-state index in [-0.39, 0.29) is 0 Å². The number of aromatic nitrogens is 1. The number of hydrogen-bond donors (Lipinski definition) is 1. The second-order valence-corrected chi connectivity index (χ2v) is 6.94. The molecule has 2 nitrogen and oxygen atoms in total. The number of benzene rings is 1. The molecule has 0 saturated heterocycles. The third-order valence-corrected chi connectivity index (χ3v) is 5.31. The summed E-state index contributed by atoms with van der Waals surface area (Å²) in [6, 6.07) is 9.18. The summed E-state index contributed by atoms with van der Waals surface area (Å²) in [6.45, 7) is 1.07. The van der Waals surface area contributed by atoms with Crippen LogP contribution in [0.3, 0.4) is 0 Å². The number of hydrogen-bond acceptors (Lipinski definition) is 3. The molecule has 3 heteroatoms. The number of rotatable bonds is 4. The van der Waals surface area contributed by atoms with Crippen LogP contribution in [0.25, 0.3) is 10.2 Å². The van der Waals surface area contributed by atoms with Crippen molar-refractivity contribution in [3.63, 3.8) is 0 Å². The highest BCUT2D eigenvalue weighted by Crippen LogP contribution is 2.22. The van der Waals surface area contributed by atoms with Gasteiger partial charge in [-0.25, -0.2) is 4.98 Å². The van der Waals surface area contributed by atoms with E-state index in [1.807, 2.05) is 11.3 Å². The fourth-order valence-corrected chi connectivity index (χ4v) is 4.04. The molecule has 1 aliphatic carbocycles. The number of nitrogens with one attached hydrogen (secondary N) is 1. The van der Waals surface area contributed by atoms with Crippen LogP contribution in [-0.2, 0) is 6.42 Å². The lowest BCUT2D eigenvalue weighted by atomic mass is 9.97. The van der Waals surface area contributed by atoms with Crippen LogP contribution in [0.2, 0.25) is 0 Å². The van der Waals surface area contributed by atoms with E-state index in [0.29, 0.717) is 0 Å². The Morgan fingerprint density at radius 3 is 2.60 bits per heavy atom. The molecule has 1 aromatic heterocycles. The fraction of sp³-hybridized carbons (Fsp3) is 0.588. The van der Waals surface area contributed by atoms with Gasteiger partial charge in [0.25, 0.3) is 0 Å². The van der Waals surface area contributed by atoms with Crippen molar-refractivity contribution in [2.75, 3.05) is 6.54 Å². The Hall–Kier alpha value is -0.930. The lowest BCUT2D eigenvalue weighted by molar-refractivity contribution is 0.392. The van der Waals surface area contributed by atoms with E-state index in [1.54, 1.807) is 0 Å². The second-order valence-electron chi connectivity index (χ2n) is 5.82. The minimum atomic E-state index is 0.740. The Kier molecular flexibility index (Phi) is 5.04. The first-order valence-electron chi connectivity index (χ1n) is 8.00. The molecule has 20 heavy (non-hydrogen) atoms. The third-order valence-electron chi connectivity index (χ3n) is 4.22. The zero-order valence-corrected chi connectivity index (χ0v) is 12.9. The maximum Gasteiger partial charge on any atom is 0.0951 e. The van der Waals surface area contributed by atoms with Crippen molar-refractivity contribution >= 4 is 21.6 Å². The van der Waals surface area contributed by atoms with Gasteiger partial charge in [0.15, 0.2) is 0 Å². The summed E-state index contributed by atoms with van der Waals surface area (Å²) < 4.78 is 1.31. The molecular formula is C17H24N2S. The van der Waals surface area contributed by atoms with E-state index in [2.05, 4.69) is 29.6 Å². The van der Waals surface area contributed by atoms with E-state index in [0.717, 1.165) is 24.5 Å². The molecule has 1 aromatic carbocycles. The third kappa shape index (κ3) is 3.80. The average molecular weight is 288 g/mol. The summed E-state index contributed by atoms with van der Waals surface area (Å²) in [5.74, 6) is 0. The Labute approximate surface area is 125 Å². The fourth-order valence-electron chi connectivity index (χ4n) is 3.07. The molecule has 0 radical (unpaired) electrons. The van der Waals surface area contributed by atoms with Gasteiger partial charge in [0.1, 0.15) is 0 Å². The normalized spacial score (nSPS) is 18.0. The molecule has 1 heterocycles. The zero-order chi connectivity index (χ0) is 13.6. The average Bonchev–Trinajstić information content (AvgIpc) is 2.83. The zero-order valence-electron chi connectivity index (χ0n) is 12.1. The maximum atomic E-state index is 4.71. The molecule has 0 bridgehead atoms. The highest BCUT2D eigenvalue weighted by atomic mass is 32.1. The van der Waals surface area contributed by atoms with Crippen molar-refractivity contribution in [2.24, 2.45) is 0 Å². The summed E-state index contributed by atoms with van der Waals surface area (Å²) in [5, 5.41) is 5.02. The summed E-state index contributed by atoms with van der Waals surface area (Å²) in [6.07, 6.45) is 10.9. The largest absolute Gasteiger partial charge is 0.314 e. The minimum absolute atomic E-state index is 0.740. The molecule has 0 atom stereocenters. The van der Waals surface area contributed by atoms with Crippen LogP contribution in [0.15, 0.2) is 24.3 Å². The van der Waals surface area contributed by atoms with E-state index in [1.165, 1.54) is 54.7 Å². The molecule has 0 unspecified atom stereocenters. The number of nitrogens with zero attached hydrogens (tertiary/aromatic N) is 1. The number of thiazole rings is 1. The first-order valence-corrected chi connectivity index (χ1v) is 8.81. The van der Waals surface area contributed by atoms with Crippen molar-refractivity contribution in [1.29, 1.82) is 0 Å². The van der Waals surface area contributed by atoms with E-state index < -0.39 is 0 Å². The van der Waals surface area contributed by atoms with Gasteiger partial charge in [-0.3, -0.25) is 0 Å². The molecule has 0 aliphatic heterocycles. The van der Waals surface area contributed by atoms with E-state index >= 15 is 0 Å². The van der Waals surface area contributed by atoms with Gasteiger partial charge in [0.2, 0.25) is 0 Å². The van der Waals surface area contributed by atoms with E-state index in [9.17, 15) is 0 Å². The summed E-state index contributed by atoms with van der Waals surface area (Å²) >= 11 is 1.84. The number of para-hydroxylation sites is 1. The van der Waals surface area contributed by atoms with Gasteiger partial charge in [-0.15, -0.1) is 11.3 Å².